The maximum atomic E-state index is 12.1. The molecule has 0 unspecified atom stereocenters. The topological polar surface area (TPSA) is 104 Å². The summed E-state index contributed by atoms with van der Waals surface area (Å²) < 4.78 is 28.5. The van der Waals surface area contributed by atoms with E-state index in [1.165, 1.54) is 6.26 Å². The Hall–Kier alpha value is -1.30. The summed E-state index contributed by atoms with van der Waals surface area (Å²) in [4.78, 5) is 18.2. The molecule has 0 aliphatic carbocycles. The maximum Gasteiger partial charge on any atom is 0.287 e. The molecular weight excluding hydrogens is 471 g/mol. The van der Waals surface area contributed by atoms with Crippen molar-refractivity contribution in [2.24, 2.45) is 4.99 Å². The van der Waals surface area contributed by atoms with E-state index in [1.54, 1.807) is 26.0 Å². The number of hydrogen-bond donors (Lipinski definition) is 2. The highest BCUT2D eigenvalue weighted by Crippen LogP contribution is 2.23. The van der Waals surface area contributed by atoms with E-state index < -0.39 is 14.6 Å². The lowest BCUT2D eigenvalue weighted by atomic mass is 10.2. The van der Waals surface area contributed by atoms with Crippen LogP contribution in [0.2, 0.25) is 0 Å². The van der Waals surface area contributed by atoms with Crippen molar-refractivity contribution in [2.75, 3.05) is 38.5 Å². The third kappa shape index (κ3) is 5.60. The van der Waals surface area contributed by atoms with Gasteiger partial charge in [0.25, 0.3) is 5.91 Å². The normalized spacial score (nSPS) is 18.7. The molecule has 2 heterocycles. The van der Waals surface area contributed by atoms with Gasteiger partial charge in [-0.3, -0.25) is 9.79 Å². The van der Waals surface area contributed by atoms with Gasteiger partial charge in [-0.2, -0.15) is 0 Å². The summed E-state index contributed by atoms with van der Waals surface area (Å²) in [6.07, 6.45) is 1.45. The summed E-state index contributed by atoms with van der Waals surface area (Å²) >= 11 is 0. The molecule has 1 aliphatic heterocycles. The zero-order valence-electron chi connectivity index (χ0n) is 15.3. The van der Waals surface area contributed by atoms with Crippen LogP contribution in [0.3, 0.4) is 0 Å². The minimum atomic E-state index is -3.10. The van der Waals surface area contributed by atoms with E-state index in [4.69, 9.17) is 4.42 Å². The first kappa shape index (κ1) is 22.7. The van der Waals surface area contributed by atoms with Crippen molar-refractivity contribution < 1.29 is 17.6 Å². The quantitative estimate of drug-likeness (QED) is 0.273. The number of nitrogens with one attached hydrogen (secondary N) is 2. The van der Waals surface area contributed by atoms with Crippen LogP contribution in [0.25, 0.3) is 0 Å². The van der Waals surface area contributed by atoms with Gasteiger partial charge in [-0.05, 0) is 32.9 Å². The fourth-order valence-electron chi connectivity index (χ4n) is 2.58. The maximum absolute atomic E-state index is 12.1. The van der Waals surface area contributed by atoms with Crippen LogP contribution in [0, 0.1) is 0 Å². The third-order valence-corrected chi connectivity index (χ3v) is 6.61. The molecule has 0 saturated carbocycles. The third-order valence-electron chi connectivity index (χ3n) is 4.08. The van der Waals surface area contributed by atoms with Crippen molar-refractivity contribution in [1.29, 1.82) is 0 Å². The van der Waals surface area contributed by atoms with Crippen LogP contribution in [0.15, 0.2) is 27.8 Å². The number of furan rings is 1. The van der Waals surface area contributed by atoms with Gasteiger partial charge in [-0.15, -0.1) is 24.0 Å². The lowest BCUT2D eigenvalue weighted by molar-refractivity contribution is 0.0927. The van der Waals surface area contributed by atoms with E-state index in [1.807, 2.05) is 11.8 Å². The monoisotopic (exact) mass is 498 g/mol. The van der Waals surface area contributed by atoms with Crippen molar-refractivity contribution in [3.8, 4) is 0 Å². The lowest BCUT2D eigenvalue weighted by Gasteiger charge is -2.39. The predicted molar refractivity (Wildman–Crippen MR) is 112 cm³/mol. The highest BCUT2D eigenvalue weighted by Gasteiger charge is 2.40. The van der Waals surface area contributed by atoms with Crippen LogP contribution in [0.1, 0.15) is 31.3 Å². The molecule has 1 aliphatic rings. The van der Waals surface area contributed by atoms with Crippen molar-refractivity contribution in [3.63, 3.8) is 0 Å². The molecular formula is C16H27IN4O4S. The molecule has 0 aromatic carbocycles. The molecule has 1 aromatic heterocycles. The standard InChI is InChI=1S/C16H26N4O4S.HI/c1-4-17-15(20-9-11-25(22,23)16(2,3)12-20)19-8-7-18-14(21)13-6-5-10-24-13;/h5-6,10H,4,7-9,11-12H2,1-3H3,(H,17,19)(H,18,21);1H. The average Bonchev–Trinajstić information content (AvgIpc) is 3.07. The predicted octanol–water partition coefficient (Wildman–Crippen LogP) is 1.10. The number of hydrogen-bond acceptors (Lipinski definition) is 5. The Bertz CT molecular complexity index is 717. The first-order valence-corrected chi connectivity index (χ1v) is 9.99. The lowest BCUT2D eigenvalue weighted by Crippen LogP contribution is -2.57. The molecule has 1 saturated heterocycles. The van der Waals surface area contributed by atoms with Gasteiger partial charge in [-0.25, -0.2) is 8.42 Å². The van der Waals surface area contributed by atoms with Gasteiger partial charge < -0.3 is 20.0 Å². The van der Waals surface area contributed by atoms with E-state index in [2.05, 4.69) is 15.6 Å². The van der Waals surface area contributed by atoms with Gasteiger partial charge in [0.1, 0.15) is 0 Å². The van der Waals surface area contributed by atoms with Crippen LogP contribution in [-0.4, -0.2) is 68.4 Å². The average molecular weight is 498 g/mol. The van der Waals surface area contributed by atoms with Gasteiger partial charge >= 0.3 is 0 Å². The molecule has 2 rings (SSSR count). The zero-order valence-corrected chi connectivity index (χ0v) is 18.5. The number of amides is 1. The molecule has 0 bridgehead atoms. The number of guanidine groups is 1. The van der Waals surface area contributed by atoms with Gasteiger partial charge in [0.05, 0.1) is 23.3 Å². The summed E-state index contributed by atoms with van der Waals surface area (Å²) in [6.45, 7) is 7.67. The molecule has 2 N–H and O–H groups in total. The Kier molecular flexibility index (Phi) is 8.38. The number of carbonyl (C=O) groups excluding carboxylic acids is 1. The highest BCUT2D eigenvalue weighted by atomic mass is 127. The van der Waals surface area contributed by atoms with E-state index in [0.29, 0.717) is 38.7 Å². The SMILES string of the molecule is CCNC(=NCCNC(=O)c1ccco1)N1CCS(=O)(=O)C(C)(C)C1.I. The minimum Gasteiger partial charge on any atom is -0.459 e. The zero-order chi connectivity index (χ0) is 18.5. The first-order chi connectivity index (χ1) is 11.8. The fourth-order valence-corrected chi connectivity index (χ4v) is 3.94. The van der Waals surface area contributed by atoms with E-state index in [9.17, 15) is 13.2 Å². The summed E-state index contributed by atoms with van der Waals surface area (Å²) in [7, 11) is -3.10. The Morgan fingerprint density at radius 1 is 1.38 bits per heavy atom. The smallest absolute Gasteiger partial charge is 0.287 e. The van der Waals surface area contributed by atoms with Gasteiger partial charge in [-0.1, -0.05) is 0 Å². The molecule has 8 nitrogen and oxygen atoms in total. The Morgan fingerprint density at radius 2 is 2.12 bits per heavy atom. The van der Waals surface area contributed by atoms with E-state index >= 15 is 0 Å². The number of halogens is 1. The van der Waals surface area contributed by atoms with Gasteiger partial charge in [0.15, 0.2) is 21.6 Å². The molecule has 0 spiro atoms. The van der Waals surface area contributed by atoms with Gasteiger partial charge in [0.2, 0.25) is 0 Å². The second-order valence-electron chi connectivity index (χ2n) is 6.47. The summed E-state index contributed by atoms with van der Waals surface area (Å²) in [5.74, 6) is 0.756. The van der Waals surface area contributed by atoms with Crippen LogP contribution < -0.4 is 10.6 Å². The molecule has 0 radical (unpaired) electrons. The molecule has 26 heavy (non-hydrogen) atoms. The molecule has 1 fully saturated rings. The first-order valence-electron chi connectivity index (χ1n) is 8.34. The number of sulfone groups is 1. The van der Waals surface area contributed by atoms with Crippen LogP contribution in [0.4, 0.5) is 0 Å². The number of carbonyl (C=O) groups is 1. The van der Waals surface area contributed by atoms with Crippen molar-refractivity contribution in [2.45, 2.75) is 25.5 Å². The summed E-state index contributed by atoms with van der Waals surface area (Å²) in [5, 5.41) is 5.92. The van der Waals surface area contributed by atoms with Crippen LogP contribution >= 0.6 is 24.0 Å². The minimum absolute atomic E-state index is 0. The number of aliphatic imine (C=N–C) groups is 1. The molecule has 10 heteroatoms. The number of nitrogens with zero attached hydrogens (tertiary/aromatic N) is 2. The highest BCUT2D eigenvalue weighted by molar-refractivity contribution is 14.0. The summed E-state index contributed by atoms with van der Waals surface area (Å²) in [5.41, 5.74) is 0. The van der Waals surface area contributed by atoms with Crippen molar-refractivity contribution in [3.05, 3.63) is 24.2 Å². The van der Waals surface area contributed by atoms with Gasteiger partial charge in [0, 0.05) is 26.2 Å². The second-order valence-corrected chi connectivity index (χ2v) is 9.21. The van der Waals surface area contributed by atoms with Crippen molar-refractivity contribution >= 4 is 45.7 Å². The number of rotatable bonds is 5. The molecule has 0 atom stereocenters. The Labute approximate surface area is 171 Å². The second kappa shape index (κ2) is 9.58. The van der Waals surface area contributed by atoms with Crippen molar-refractivity contribution in [1.82, 2.24) is 15.5 Å². The van der Waals surface area contributed by atoms with E-state index in [-0.39, 0.29) is 41.4 Å². The fraction of sp³-hybridized carbons (Fsp3) is 0.625. The largest absolute Gasteiger partial charge is 0.459 e. The molecule has 1 aromatic rings. The Balaban J connectivity index is 0.00000338. The summed E-state index contributed by atoms with van der Waals surface area (Å²) in [6, 6.07) is 3.25. The Morgan fingerprint density at radius 3 is 2.69 bits per heavy atom. The van der Waals surface area contributed by atoms with E-state index in [0.717, 1.165) is 0 Å². The molecule has 1 amide bonds. The molecule has 148 valence electrons. The van der Waals surface area contributed by atoms with Crippen LogP contribution in [-0.2, 0) is 9.84 Å². The van der Waals surface area contributed by atoms with Crippen LogP contribution in [0.5, 0.6) is 0 Å².